The SMILES string of the molecule is CCN(CC)C1CCN(C(=O)C2CCN(c3ccc(C=O)cc3)CC2)CC1. The van der Waals surface area contributed by atoms with Gasteiger partial charge in [-0.05, 0) is 63.0 Å². The Labute approximate surface area is 163 Å². The summed E-state index contributed by atoms with van der Waals surface area (Å²) >= 11 is 0. The number of aldehydes is 1. The highest BCUT2D eigenvalue weighted by atomic mass is 16.2. The van der Waals surface area contributed by atoms with E-state index in [1.165, 1.54) is 0 Å². The van der Waals surface area contributed by atoms with E-state index in [-0.39, 0.29) is 5.92 Å². The molecule has 2 fully saturated rings. The molecule has 1 aromatic rings. The van der Waals surface area contributed by atoms with Gasteiger partial charge in [0.15, 0.2) is 0 Å². The fourth-order valence-corrected chi connectivity index (χ4v) is 4.60. The zero-order valence-corrected chi connectivity index (χ0v) is 16.8. The second kappa shape index (κ2) is 9.36. The molecular weight excluding hydrogens is 338 g/mol. The number of carbonyl (C=O) groups is 2. The average Bonchev–Trinajstić information content (AvgIpc) is 2.75. The van der Waals surface area contributed by atoms with Crippen molar-refractivity contribution in [3.05, 3.63) is 29.8 Å². The highest BCUT2D eigenvalue weighted by Crippen LogP contribution is 2.26. The molecule has 2 aliphatic rings. The summed E-state index contributed by atoms with van der Waals surface area (Å²) in [5, 5.41) is 0. The highest BCUT2D eigenvalue weighted by molar-refractivity contribution is 5.79. The van der Waals surface area contributed by atoms with Gasteiger partial charge in [-0.25, -0.2) is 0 Å². The van der Waals surface area contributed by atoms with Gasteiger partial charge in [0.25, 0.3) is 0 Å². The van der Waals surface area contributed by atoms with Crippen LogP contribution in [0.25, 0.3) is 0 Å². The first-order valence-corrected chi connectivity index (χ1v) is 10.5. The topological polar surface area (TPSA) is 43.9 Å². The molecule has 0 atom stereocenters. The predicted octanol–water partition coefficient (Wildman–Crippen LogP) is 3.05. The van der Waals surface area contributed by atoms with Crippen LogP contribution in [0, 0.1) is 5.92 Å². The van der Waals surface area contributed by atoms with Crippen molar-refractivity contribution in [2.24, 2.45) is 5.92 Å². The van der Waals surface area contributed by atoms with E-state index in [2.05, 4.69) is 28.5 Å². The molecule has 0 radical (unpaired) electrons. The summed E-state index contributed by atoms with van der Waals surface area (Å²) < 4.78 is 0. The van der Waals surface area contributed by atoms with E-state index in [0.29, 0.717) is 17.5 Å². The number of amides is 1. The van der Waals surface area contributed by atoms with Gasteiger partial charge in [-0.1, -0.05) is 13.8 Å². The van der Waals surface area contributed by atoms with Crippen LogP contribution in [-0.4, -0.2) is 67.3 Å². The van der Waals surface area contributed by atoms with Gasteiger partial charge in [-0.2, -0.15) is 0 Å². The highest BCUT2D eigenvalue weighted by Gasteiger charge is 2.31. The lowest BCUT2D eigenvalue weighted by Gasteiger charge is -2.40. The molecule has 5 heteroatoms. The lowest BCUT2D eigenvalue weighted by molar-refractivity contribution is -0.137. The predicted molar refractivity (Wildman–Crippen MR) is 109 cm³/mol. The average molecular weight is 372 g/mol. The summed E-state index contributed by atoms with van der Waals surface area (Å²) in [6.45, 7) is 10.3. The van der Waals surface area contributed by atoms with E-state index in [1.54, 1.807) is 0 Å². The number of hydrogen-bond acceptors (Lipinski definition) is 4. The molecular formula is C22H33N3O2. The number of rotatable bonds is 6. The molecule has 0 spiro atoms. The summed E-state index contributed by atoms with van der Waals surface area (Å²) in [7, 11) is 0. The first-order valence-electron chi connectivity index (χ1n) is 10.5. The van der Waals surface area contributed by atoms with E-state index in [9.17, 15) is 9.59 Å². The normalized spacial score (nSPS) is 19.5. The first kappa shape index (κ1) is 19.9. The Bertz CT molecular complexity index is 611. The minimum atomic E-state index is 0.167. The third-order valence-electron chi connectivity index (χ3n) is 6.34. The van der Waals surface area contributed by atoms with Crippen LogP contribution in [-0.2, 0) is 4.79 Å². The van der Waals surface area contributed by atoms with Gasteiger partial charge >= 0.3 is 0 Å². The second-order valence-electron chi connectivity index (χ2n) is 7.75. The van der Waals surface area contributed by atoms with Gasteiger partial charge in [-0.15, -0.1) is 0 Å². The molecule has 2 saturated heterocycles. The molecule has 0 N–H and O–H groups in total. The van der Waals surface area contributed by atoms with E-state index < -0.39 is 0 Å². The number of hydrogen-bond donors (Lipinski definition) is 0. The molecule has 0 aromatic heterocycles. The van der Waals surface area contributed by atoms with Crippen molar-refractivity contribution in [3.63, 3.8) is 0 Å². The van der Waals surface area contributed by atoms with E-state index in [4.69, 9.17) is 0 Å². The Hall–Kier alpha value is -1.88. The second-order valence-corrected chi connectivity index (χ2v) is 7.75. The van der Waals surface area contributed by atoms with E-state index in [1.807, 2.05) is 24.3 Å². The number of carbonyl (C=O) groups excluding carboxylic acids is 2. The maximum absolute atomic E-state index is 13.0. The van der Waals surface area contributed by atoms with E-state index in [0.717, 1.165) is 76.9 Å². The molecule has 0 aliphatic carbocycles. The van der Waals surface area contributed by atoms with Crippen molar-refractivity contribution >= 4 is 17.9 Å². The minimum absolute atomic E-state index is 0.167. The summed E-state index contributed by atoms with van der Waals surface area (Å²) in [5.74, 6) is 0.532. The Kier molecular flexibility index (Phi) is 6.89. The van der Waals surface area contributed by atoms with Gasteiger partial charge in [-0.3, -0.25) is 9.59 Å². The largest absolute Gasteiger partial charge is 0.371 e. The molecule has 0 saturated carbocycles. The van der Waals surface area contributed by atoms with Crippen molar-refractivity contribution < 1.29 is 9.59 Å². The van der Waals surface area contributed by atoms with E-state index >= 15 is 0 Å². The number of nitrogens with zero attached hydrogens (tertiary/aromatic N) is 3. The first-order chi connectivity index (χ1) is 13.2. The Morgan fingerprint density at radius 2 is 1.59 bits per heavy atom. The molecule has 0 unspecified atom stereocenters. The number of likely N-dealkylation sites (tertiary alicyclic amines) is 1. The quantitative estimate of drug-likeness (QED) is 0.721. The van der Waals surface area contributed by atoms with Crippen LogP contribution < -0.4 is 4.90 Å². The van der Waals surface area contributed by atoms with Gasteiger partial charge in [0, 0.05) is 49.4 Å². The summed E-state index contributed by atoms with van der Waals surface area (Å²) in [6, 6.07) is 8.37. The van der Waals surface area contributed by atoms with Gasteiger partial charge in [0.05, 0.1) is 0 Å². The van der Waals surface area contributed by atoms with Crippen LogP contribution in [0.3, 0.4) is 0 Å². The fourth-order valence-electron chi connectivity index (χ4n) is 4.60. The Morgan fingerprint density at radius 3 is 2.11 bits per heavy atom. The lowest BCUT2D eigenvalue weighted by atomic mass is 9.93. The van der Waals surface area contributed by atoms with Crippen molar-refractivity contribution in [1.29, 1.82) is 0 Å². The lowest BCUT2D eigenvalue weighted by Crippen LogP contribution is -2.49. The smallest absolute Gasteiger partial charge is 0.225 e. The molecule has 2 aliphatic heterocycles. The third-order valence-corrected chi connectivity index (χ3v) is 6.34. The van der Waals surface area contributed by atoms with Gasteiger partial charge in [0.1, 0.15) is 6.29 Å². The minimum Gasteiger partial charge on any atom is -0.371 e. The van der Waals surface area contributed by atoms with Crippen molar-refractivity contribution in [2.75, 3.05) is 44.2 Å². The number of piperidine rings is 2. The zero-order chi connectivity index (χ0) is 19.2. The molecule has 27 heavy (non-hydrogen) atoms. The number of benzene rings is 1. The summed E-state index contributed by atoms with van der Waals surface area (Å²) in [5.41, 5.74) is 1.85. The maximum atomic E-state index is 13.0. The number of anilines is 1. The maximum Gasteiger partial charge on any atom is 0.225 e. The molecule has 1 aromatic carbocycles. The Balaban J connectivity index is 1.48. The standard InChI is InChI=1S/C22H33N3O2/c1-3-23(4-2)21-11-15-25(16-12-21)22(27)19-9-13-24(14-10-19)20-7-5-18(17-26)6-8-20/h5-8,17,19,21H,3-4,9-16H2,1-2H3. The van der Waals surface area contributed by atoms with Crippen LogP contribution in [0.4, 0.5) is 5.69 Å². The molecule has 2 heterocycles. The molecule has 0 bridgehead atoms. The monoisotopic (exact) mass is 371 g/mol. The fraction of sp³-hybridized carbons (Fsp3) is 0.636. The molecule has 5 nitrogen and oxygen atoms in total. The molecule has 3 rings (SSSR count). The Morgan fingerprint density at radius 1 is 1.00 bits per heavy atom. The van der Waals surface area contributed by atoms with Crippen molar-refractivity contribution in [1.82, 2.24) is 9.80 Å². The summed E-state index contributed by atoms with van der Waals surface area (Å²) in [4.78, 5) is 30.7. The van der Waals surface area contributed by atoms with Crippen molar-refractivity contribution in [3.8, 4) is 0 Å². The summed E-state index contributed by atoms with van der Waals surface area (Å²) in [6.07, 6.45) is 4.93. The van der Waals surface area contributed by atoms with Crippen LogP contribution >= 0.6 is 0 Å². The van der Waals surface area contributed by atoms with Crippen LogP contribution in [0.5, 0.6) is 0 Å². The van der Waals surface area contributed by atoms with Crippen LogP contribution in [0.1, 0.15) is 49.9 Å². The van der Waals surface area contributed by atoms with Crippen LogP contribution in [0.2, 0.25) is 0 Å². The van der Waals surface area contributed by atoms with Crippen molar-refractivity contribution in [2.45, 2.75) is 45.6 Å². The molecule has 148 valence electrons. The van der Waals surface area contributed by atoms with Crippen LogP contribution in [0.15, 0.2) is 24.3 Å². The van der Waals surface area contributed by atoms with Gasteiger partial charge < -0.3 is 14.7 Å². The molecule has 1 amide bonds. The third kappa shape index (κ3) is 4.70. The zero-order valence-electron chi connectivity index (χ0n) is 16.8. The van der Waals surface area contributed by atoms with Gasteiger partial charge in [0.2, 0.25) is 5.91 Å².